The van der Waals surface area contributed by atoms with E-state index in [2.05, 4.69) is 31.2 Å². The number of nitrogen functional groups attached to an aromatic ring is 1. The molecule has 0 amide bonds. The molecule has 0 aliphatic carbocycles. The Kier molecular flexibility index (Phi) is 9.57. The molecule has 0 bridgehead atoms. The fourth-order valence-electron chi connectivity index (χ4n) is 3.80. The summed E-state index contributed by atoms with van der Waals surface area (Å²) in [6, 6.07) is 8.69. The molecule has 0 radical (unpaired) electrons. The average Bonchev–Trinajstić information content (AvgIpc) is 3.29. The molecule has 2 unspecified atom stereocenters. The number of carbonyl (C=O) groups excluding carboxylic acids is 1. The zero-order chi connectivity index (χ0) is 27.9. The van der Waals surface area contributed by atoms with Crippen molar-refractivity contribution in [3.8, 4) is 6.07 Å². The smallest absolute Gasteiger partial charge is 0.326 e. The number of hydrogen-bond acceptors (Lipinski definition) is 9. The van der Waals surface area contributed by atoms with E-state index in [0.29, 0.717) is 29.7 Å². The first-order valence-electron chi connectivity index (χ1n) is 12.3. The summed E-state index contributed by atoms with van der Waals surface area (Å²) >= 11 is 0. The van der Waals surface area contributed by atoms with Gasteiger partial charge in [-0.2, -0.15) is 5.26 Å². The lowest BCUT2D eigenvalue weighted by molar-refractivity contribution is -0.149. The third-order valence-corrected chi connectivity index (χ3v) is 8.01. The topological polar surface area (TPSA) is 170 Å². The van der Waals surface area contributed by atoms with E-state index in [9.17, 15) is 9.36 Å². The average molecular weight is 543 g/mol. The van der Waals surface area contributed by atoms with Crippen LogP contribution in [0.2, 0.25) is 0 Å². The van der Waals surface area contributed by atoms with Crippen LogP contribution in [0.4, 0.5) is 5.82 Å². The number of rotatable bonds is 13. The fraction of sp³-hybridized carbons (Fsp3) is 0.480. The van der Waals surface area contributed by atoms with Crippen molar-refractivity contribution < 1.29 is 18.8 Å². The van der Waals surface area contributed by atoms with Crippen molar-refractivity contribution in [1.29, 1.82) is 5.26 Å². The number of aromatic nitrogens is 4. The Bertz CT molecular complexity index is 1340. The molecule has 0 saturated carbocycles. The third-order valence-electron chi connectivity index (χ3n) is 5.77. The van der Waals surface area contributed by atoms with Crippen LogP contribution < -0.4 is 15.9 Å². The minimum Gasteiger partial charge on any atom is -0.464 e. The molecule has 0 aliphatic heterocycles. The lowest BCUT2D eigenvalue weighted by atomic mass is 10.1. The summed E-state index contributed by atoms with van der Waals surface area (Å²) in [7, 11) is -3.53. The SMILES string of the molecule is CCCOC(=O)C(C)(C)NP(=O)(COC(C)Cn1cnc2c(N)ncnc21)N[C@H](C)c1ccc(C#N)cc1. The second kappa shape index (κ2) is 12.5. The standard InChI is InChI=1S/C25H35N8O4P/c1-6-11-36-24(34)25(4,5)32-38(35,31-18(3)20-9-7-19(12-26)8-10-20)16-37-17(2)13-33-15-30-21-22(27)28-14-29-23(21)33/h7-10,14-15,17-18H,6,11,13,16H2,1-5H3,(H2,27,28,29)(H2,31,32,35)/t17?,18-,38?/m1/s1. The van der Waals surface area contributed by atoms with E-state index in [-0.39, 0.29) is 30.9 Å². The number of nitrogens with zero attached hydrogens (tertiary/aromatic N) is 5. The van der Waals surface area contributed by atoms with Crippen LogP contribution in [0, 0.1) is 11.3 Å². The van der Waals surface area contributed by atoms with Crippen molar-refractivity contribution in [2.24, 2.45) is 0 Å². The molecule has 0 aliphatic rings. The van der Waals surface area contributed by atoms with Crippen LogP contribution in [0.1, 0.15) is 58.2 Å². The van der Waals surface area contributed by atoms with Gasteiger partial charge >= 0.3 is 5.97 Å². The molecule has 0 saturated heterocycles. The van der Waals surface area contributed by atoms with Crippen LogP contribution in [0.5, 0.6) is 0 Å². The molecule has 3 aromatic rings. The molecule has 2 heterocycles. The first-order valence-corrected chi connectivity index (χ1v) is 14.2. The van der Waals surface area contributed by atoms with Gasteiger partial charge in [-0.05, 0) is 51.8 Å². The highest BCUT2D eigenvalue weighted by Crippen LogP contribution is 2.42. The van der Waals surface area contributed by atoms with E-state index in [4.69, 9.17) is 20.5 Å². The number of hydrogen-bond donors (Lipinski definition) is 3. The van der Waals surface area contributed by atoms with Gasteiger partial charge in [0.15, 0.2) is 11.5 Å². The van der Waals surface area contributed by atoms with E-state index in [0.717, 1.165) is 5.56 Å². The molecule has 3 atom stereocenters. The number of anilines is 1. The third kappa shape index (κ3) is 7.36. The summed E-state index contributed by atoms with van der Waals surface area (Å²) in [5, 5.41) is 15.2. The van der Waals surface area contributed by atoms with Gasteiger partial charge in [0.05, 0.1) is 37.2 Å². The predicted molar refractivity (Wildman–Crippen MR) is 144 cm³/mol. The fourth-order valence-corrected chi connectivity index (χ4v) is 6.24. The van der Waals surface area contributed by atoms with Crippen molar-refractivity contribution in [2.75, 3.05) is 18.7 Å². The maximum Gasteiger partial charge on any atom is 0.326 e. The molecule has 3 rings (SSSR count). The first-order chi connectivity index (χ1) is 18.0. The van der Waals surface area contributed by atoms with Crippen LogP contribution in [0.25, 0.3) is 11.2 Å². The number of imidazole rings is 1. The molecular weight excluding hydrogens is 507 g/mol. The Morgan fingerprint density at radius 3 is 2.61 bits per heavy atom. The largest absolute Gasteiger partial charge is 0.464 e. The quantitative estimate of drug-likeness (QED) is 0.213. The number of esters is 1. The Hall–Kier alpha value is -3.36. The summed E-state index contributed by atoms with van der Waals surface area (Å²) in [6.45, 7) is 9.48. The molecule has 0 fully saturated rings. The van der Waals surface area contributed by atoms with Gasteiger partial charge in [-0.3, -0.25) is 9.36 Å². The van der Waals surface area contributed by atoms with Crippen LogP contribution in [0.15, 0.2) is 36.9 Å². The Labute approximate surface area is 222 Å². The number of carbonyl (C=O) groups is 1. The molecule has 1 aromatic carbocycles. The summed E-state index contributed by atoms with van der Waals surface area (Å²) in [6.07, 6.45) is 3.05. The van der Waals surface area contributed by atoms with Crippen LogP contribution in [-0.4, -0.2) is 50.1 Å². The number of ether oxygens (including phenoxy) is 2. The maximum absolute atomic E-state index is 14.2. The number of nitrogens with one attached hydrogen (secondary N) is 2. The molecule has 4 N–H and O–H groups in total. The molecule has 38 heavy (non-hydrogen) atoms. The Balaban J connectivity index is 1.77. The van der Waals surface area contributed by atoms with Crippen LogP contribution in [0.3, 0.4) is 0 Å². The highest BCUT2D eigenvalue weighted by atomic mass is 31.2. The molecule has 12 nitrogen and oxygen atoms in total. The number of fused-ring (bicyclic) bond motifs is 1. The van der Waals surface area contributed by atoms with Crippen LogP contribution >= 0.6 is 7.44 Å². The van der Waals surface area contributed by atoms with Crippen molar-refractivity contribution in [3.05, 3.63) is 48.0 Å². The Morgan fingerprint density at radius 1 is 1.24 bits per heavy atom. The van der Waals surface area contributed by atoms with E-state index in [1.165, 1.54) is 6.33 Å². The van der Waals surface area contributed by atoms with Crippen LogP contribution in [-0.2, 0) is 25.4 Å². The van der Waals surface area contributed by atoms with Crippen molar-refractivity contribution in [3.63, 3.8) is 0 Å². The Morgan fingerprint density at radius 2 is 1.95 bits per heavy atom. The van der Waals surface area contributed by atoms with Gasteiger partial charge < -0.3 is 19.8 Å². The number of nitrogens with two attached hydrogens (primary N) is 1. The van der Waals surface area contributed by atoms with Gasteiger partial charge in [0, 0.05) is 6.04 Å². The summed E-state index contributed by atoms with van der Waals surface area (Å²) in [4.78, 5) is 25.2. The van der Waals surface area contributed by atoms with Gasteiger partial charge in [-0.1, -0.05) is 19.1 Å². The lowest BCUT2D eigenvalue weighted by Gasteiger charge is -2.33. The normalized spacial score (nSPS) is 14.9. The molecule has 2 aromatic heterocycles. The van der Waals surface area contributed by atoms with E-state index >= 15 is 0 Å². The van der Waals surface area contributed by atoms with Gasteiger partial charge in [0.2, 0.25) is 7.44 Å². The first kappa shape index (κ1) is 29.2. The monoisotopic (exact) mass is 542 g/mol. The predicted octanol–water partition coefficient (Wildman–Crippen LogP) is 3.51. The van der Waals surface area contributed by atoms with Gasteiger partial charge in [-0.15, -0.1) is 0 Å². The minimum atomic E-state index is -3.53. The van der Waals surface area contributed by atoms with Crippen molar-refractivity contribution >= 4 is 30.4 Å². The van der Waals surface area contributed by atoms with Crippen molar-refractivity contribution in [2.45, 2.75) is 65.3 Å². The van der Waals surface area contributed by atoms with Crippen molar-refractivity contribution in [1.82, 2.24) is 29.7 Å². The molecule has 204 valence electrons. The van der Waals surface area contributed by atoms with Gasteiger partial charge in [0.25, 0.3) is 0 Å². The lowest BCUT2D eigenvalue weighted by Crippen LogP contribution is -2.49. The highest BCUT2D eigenvalue weighted by Gasteiger charge is 2.38. The number of benzene rings is 1. The van der Waals surface area contributed by atoms with E-state index in [1.54, 1.807) is 49.0 Å². The van der Waals surface area contributed by atoms with E-state index in [1.807, 2.05) is 20.8 Å². The maximum atomic E-state index is 14.2. The van der Waals surface area contributed by atoms with Gasteiger partial charge in [-0.25, -0.2) is 25.1 Å². The second-order valence-electron chi connectivity index (χ2n) is 9.63. The summed E-state index contributed by atoms with van der Waals surface area (Å²) in [5.41, 5.74) is 7.05. The van der Waals surface area contributed by atoms with Gasteiger partial charge in [0.1, 0.15) is 23.7 Å². The zero-order valence-corrected chi connectivity index (χ0v) is 23.2. The second-order valence-corrected chi connectivity index (χ2v) is 11.9. The summed E-state index contributed by atoms with van der Waals surface area (Å²) in [5.74, 6) is -0.225. The van der Waals surface area contributed by atoms with E-state index < -0.39 is 19.0 Å². The molecule has 0 spiro atoms. The molecular formula is C25H35N8O4P. The zero-order valence-electron chi connectivity index (χ0n) is 22.3. The minimum absolute atomic E-state index is 0.205. The summed E-state index contributed by atoms with van der Waals surface area (Å²) < 4.78 is 27.3. The highest BCUT2D eigenvalue weighted by molar-refractivity contribution is 7.59. The number of nitriles is 1. The molecule has 13 heteroatoms.